The highest BCUT2D eigenvalue weighted by Gasteiger charge is 2.32. The summed E-state index contributed by atoms with van der Waals surface area (Å²) in [6, 6.07) is 24.3. The summed E-state index contributed by atoms with van der Waals surface area (Å²) in [6.07, 6.45) is 3.78. The molecule has 0 saturated heterocycles. The number of allylic oxidation sites excluding steroid dienone is 1. The first kappa shape index (κ1) is 21.3. The van der Waals surface area contributed by atoms with Gasteiger partial charge in [-0.1, -0.05) is 75.8 Å². The molecule has 34 heavy (non-hydrogen) atoms. The van der Waals surface area contributed by atoms with Gasteiger partial charge in [0.15, 0.2) is 4.80 Å². The van der Waals surface area contributed by atoms with Gasteiger partial charge in [-0.05, 0) is 65.4 Å². The first-order valence-electron chi connectivity index (χ1n) is 11.1. The number of halogens is 1. The van der Waals surface area contributed by atoms with Crippen LogP contribution in [0.3, 0.4) is 0 Å². The third kappa shape index (κ3) is 3.58. The number of fused-ring (bicyclic) bond motifs is 3. The number of aryl methyl sites for hydroxylation is 1. The van der Waals surface area contributed by atoms with Crippen molar-refractivity contribution in [1.82, 2.24) is 4.57 Å². The number of hydrogen-bond acceptors (Lipinski definition) is 4. The summed E-state index contributed by atoms with van der Waals surface area (Å²) in [5.74, 6) is 0.801. The average molecular weight is 529 g/mol. The molecule has 6 heteroatoms. The molecule has 2 heterocycles. The van der Waals surface area contributed by atoms with E-state index >= 15 is 0 Å². The highest BCUT2D eigenvalue weighted by atomic mass is 79.9. The Morgan fingerprint density at radius 1 is 1.03 bits per heavy atom. The largest absolute Gasteiger partial charge is 0.497 e. The number of rotatable bonds is 3. The van der Waals surface area contributed by atoms with Gasteiger partial charge in [-0.15, -0.1) is 0 Å². The van der Waals surface area contributed by atoms with Crippen molar-refractivity contribution in [2.75, 3.05) is 7.11 Å². The van der Waals surface area contributed by atoms with E-state index in [2.05, 4.69) is 52.3 Å². The summed E-state index contributed by atoms with van der Waals surface area (Å²) >= 11 is 4.93. The van der Waals surface area contributed by atoms with Crippen LogP contribution in [0.1, 0.15) is 34.7 Å². The van der Waals surface area contributed by atoms with E-state index in [0.717, 1.165) is 44.7 Å². The van der Waals surface area contributed by atoms with Crippen molar-refractivity contribution in [3.8, 4) is 5.75 Å². The minimum absolute atomic E-state index is 0.00195. The molecule has 1 aliphatic heterocycles. The molecular formula is C28H21BrN2O2S. The average Bonchev–Trinajstić information content (AvgIpc) is 3.18. The molecule has 0 radical (unpaired) electrons. The van der Waals surface area contributed by atoms with Gasteiger partial charge >= 0.3 is 0 Å². The van der Waals surface area contributed by atoms with Gasteiger partial charge in [0.05, 0.1) is 23.4 Å². The molecule has 0 fully saturated rings. The number of benzene rings is 3. The molecule has 1 aliphatic carbocycles. The summed E-state index contributed by atoms with van der Waals surface area (Å²) in [5, 5.41) is 0. The Bertz CT molecular complexity index is 1610. The van der Waals surface area contributed by atoms with E-state index in [4.69, 9.17) is 9.73 Å². The maximum absolute atomic E-state index is 13.7. The lowest BCUT2D eigenvalue weighted by Crippen LogP contribution is -2.38. The maximum atomic E-state index is 13.7. The molecule has 0 unspecified atom stereocenters. The van der Waals surface area contributed by atoms with Crippen LogP contribution in [0.25, 0.3) is 11.8 Å². The molecule has 6 rings (SSSR count). The molecule has 0 bridgehead atoms. The number of thiazole rings is 1. The predicted octanol–water partition coefficient (Wildman–Crippen LogP) is 5.09. The summed E-state index contributed by atoms with van der Waals surface area (Å²) in [4.78, 5) is 19.5. The van der Waals surface area contributed by atoms with Crippen LogP contribution in [0, 0.1) is 0 Å². The van der Waals surface area contributed by atoms with Crippen LogP contribution in [0.2, 0.25) is 0 Å². The predicted molar refractivity (Wildman–Crippen MR) is 140 cm³/mol. The lowest BCUT2D eigenvalue weighted by atomic mass is 9.83. The summed E-state index contributed by atoms with van der Waals surface area (Å²) in [7, 11) is 1.67. The maximum Gasteiger partial charge on any atom is 0.271 e. The van der Waals surface area contributed by atoms with Crippen LogP contribution in [-0.2, 0) is 6.42 Å². The highest BCUT2D eigenvalue weighted by Crippen LogP contribution is 2.41. The molecule has 0 spiro atoms. The van der Waals surface area contributed by atoms with Crippen LogP contribution < -0.4 is 19.6 Å². The van der Waals surface area contributed by atoms with Crippen molar-refractivity contribution in [2.24, 2.45) is 4.99 Å². The second-order valence-corrected chi connectivity index (χ2v) is 10.4. The second kappa shape index (κ2) is 8.53. The molecule has 0 saturated carbocycles. The standard InChI is InChI=1S/C28H21BrN2O2S/c1-33-21-13-8-19(9-14-21)26-23-15-10-18-4-2-3-5-22(18)25(23)30-28-31(26)27(32)24(34-28)16-17-6-11-20(29)12-7-17/h2-9,11-14,16,26H,10,15H2,1H3/b24-16-/t26-/m0/s1. The lowest BCUT2D eigenvalue weighted by molar-refractivity contribution is 0.414. The van der Waals surface area contributed by atoms with Crippen LogP contribution in [0.15, 0.2) is 92.6 Å². The first-order chi connectivity index (χ1) is 16.6. The third-order valence-corrected chi connectivity index (χ3v) is 7.98. The molecule has 0 N–H and O–H groups in total. The van der Waals surface area contributed by atoms with Gasteiger partial charge in [0.25, 0.3) is 5.56 Å². The number of nitrogens with zero attached hydrogens (tertiary/aromatic N) is 2. The van der Waals surface area contributed by atoms with Crippen molar-refractivity contribution < 1.29 is 4.74 Å². The van der Waals surface area contributed by atoms with Crippen LogP contribution >= 0.6 is 27.3 Å². The highest BCUT2D eigenvalue weighted by molar-refractivity contribution is 9.10. The molecule has 4 nitrogen and oxygen atoms in total. The van der Waals surface area contributed by atoms with Crippen LogP contribution in [0.5, 0.6) is 5.75 Å². The van der Waals surface area contributed by atoms with Crippen molar-refractivity contribution in [1.29, 1.82) is 0 Å². The Morgan fingerprint density at radius 2 is 1.79 bits per heavy atom. The van der Waals surface area contributed by atoms with E-state index in [1.54, 1.807) is 7.11 Å². The number of methoxy groups -OCH3 is 1. The fraction of sp³-hybridized carbons (Fsp3) is 0.143. The Kier molecular flexibility index (Phi) is 5.35. The van der Waals surface area contributed by atoms with Gasteiger partial charge in [-0.25, -0.2) is 4.99 Å². The summed E-state index contributed by atoms with van der Waals surface area (Å²) < 4.78 is 8.95. The Morgan fingerprint density at radius 3 is 2.56 bits per heavy atom. The quantitative estimate of drug-likeness (QED) is 0.371. The summed E-state index contributed by atoms with van der Waals surface area (Å²) in [5.41, 5.74) is 6.76. The van der Waals surface area contributed by atoms with Crippen molar-refractivity contribution in [3.05, 3.63) is 125 Å². The minimum atomic E-state index is -0.183. The molecular weight excluding hydrogens is 508 g/mol. The molecule has 3 aromatic carbocycles. The number of aromatic nitrogens is 1. The molecule has 1 atom stereocenters. The third-order valence-electron chi connectivity index (χ3n) is 6.47. The number of ether oxygens (including phenoxy) is 1. The van der Waals surface area contributed by atoms with Gasteiger partial charge in [-0.2, -0.15) is 0 Å². The van der Waals surface area contributed by atoms with Gasteiger partial charge in [0, 0.05) is 10.0 Å². The second-order valence-electron chi connectivity index (χ2n) is 8.44. The van der Waals surface area contributed by atoms with Gasteiger partial charge in [-0.3, -0.25) is 9.36 Å². The Labute approximate surface area is 209 Å². The fourth-order valence-corrected chi connectivity index (χ4v) is 6.08. The first-order valence-corrected chi connectivity index (χ1v) is 12.8. The minimum Gasteiger partial charge on any atom is -0.497 e. The Hall–Kier alpha value is -3.22. The normalized spacial score (nSPS) is 17.0. The van der Waals surface area contributed by atoms with Gasteiger partial charge in [0.2, 0.25) is 0 Å². The zero-order valence-corrected chi connectivity index (χ0v) is 20.9. The molecule has 4 aromatic rings. The van der Waals surface area contributed by atoms with Crippen LogP contribution in [-0.4, -0.2) is 11.7 Å². The number of hydrogen-bond donors (Lipinski definition) is 0. The smallest absolute Gasteiger partial charge is 0.271 e. The molecule has 1 aromatic heterocycles. The van der Waals surface area contributed by atoms with Crippen LogP contribution in [0.4, 0.5) is 0 Å². The van der Waals surface area contributed by atoms with Gasteiger partial charge < -0.3 is 4.74 Å². The SMILES string of the molecule is COc1ccc([C@H]2C3=C(N=c4s/c(=C\c5ccc(Br)cc5)c(=O)n42)c2ccccc2CC3)cc1. The monoisotopic (exact) mass is 528 g/mol. The topological polar surface area (TPSA) is 43.6 Å². The lowest BCUT2D eigenvalue weighted by Gasteiger charge is -2.30. The Balaban J connectivity index is 1.60. The fourth-order valence-electron chi connectivity index (χ4n) is 4.82. The van der Waals surface area contributed by atoms with Crippen molar-refractivity contribution >= 4 is 39.0 Å². The van der Waals surface area contributed by atoms with Crippen molar-refractivity contribution in [3.63, 3.8) is 0 Å². The van der Waals surface area contributed by atoms with E-state index in [0.29, 0.717) is 4.53 Å². The van der Waals surface area contributed by atoms with E-state index in [9.17, 15) is 4.79 Å². The van der Waals surface area contributed by atoms with Gasteiger partial charge in [0.1, 0.15) is 5.75 Å². The van der Waals surface area contributed by atoms with E-state index < -0.39 is 0 Å². The molecule has 0 amide bonds. The van der Waals surface area contributed by atoms with E-state index in [1.807, 2.05) is 47.0 Å². The molecule has 2 aliphatic rings. The summed E-state index contributed by atoms with van der Waals surface area (Å²) in [6.45, 7) is 0. The van der Waals surface area contributed by atoms with E-state index in [-0.39, 0.29) is 11.6 Å². The zero-order chi connectivity index (χ0) is 23.2. The van der Waals surface area contributed by atoms with Crippen molar-refractivity contribution in [2.45, 2.75) is 18.9 Å². The molecule has 168 valence electrons. The van der Waals surface area contributed by atoms with E-state index in [1.165, 1.54) is 28.0 Å². The zero-order valence-electron chi connectivity index (χ0n) is 18.5.